The van der Waals surface area contributed by atoms with Crippen molar-refractivity contribution in [1.82, 2.24) is 15.8 Å². The summed E-state index contributed by atoms with van der Waals surface area (Å²) in [6.07, 6.45) is 3.63. The average molecular weight is 359 g/mol. The number of hydrazine groups is 1. The maximum atomic E-state index is 12.7. The average Bonchev–Trinajstić information content (AvgIpc) is 2.87. The molecule has 1 aromatic carbocycles. The van der Waals surface area contributed by atoms with Gasteiger partial charge in [-0.2, -0.15) is 5.01 Å². The monoisotopic (exact) mass is 359 g/mol. The van der Waals surface area contributed by atoms with Crippen LogP contribution in [0.2, 0.25) is 0 Å². The first-order valence-electron chi connectivity index (χ1n) is 9.03. The van der Waals surface area contributed by atoms with Crippen molar-refractivity contribution in [3.05, 3.63) is 29.8 Å². The van der Waals surface area contributed by atoms with E-state index in [1.165, 1.54) is 0 Å². The number of methoxy groups -OCH3 is 1. The van der Waals surface area contributed by atoms with Crippen LogP contribution in [-0.4, -0.2) is 35.5 Å². The highest BCUT2D eigenvalue weighted by atomic mass is 16.5. The van der Waals surface area contributed by atoms with Crippen molar-refractivity contribution >= 4 is 17.8 Å². The molecule has 2 aliphatic rings. The Labute approximate surface area is 153 Å². The number of nitrogens with zero attached hydrogens (tertiary/aromatic N) is 1. The Morgan fingerprint density at radius 3 is 2.69 bits per heavy atom. The van der Waals surface area contributed by atoms with Crippen LogP contribution in [0.5, 0.6) is 5.75 Å². The molecule has 0 atom stereocenters. The minimum absolute atomic E-state index is 0.154. The maximum Gasteiger partial charge on any atom is 0.344 e. The fourth-order valence-corrected chi connectivity index (χ4v) is 3.65. The van der Waals surface area contributed by atoms with Gasteiger partial charge in [0.05, 0.1) is 7.11 Å². The zero-order valence-electron chi connectivity index (χ0n) is 15.2. The zero-order chi connectivity index (χ0) is 18.7. The van der Waals surface area contributed by atoms with Crippen molar-refractivity contribution in [1.29, 1.82) is 0 Å². The highest BCUT2D eigenvalue weighted by Crippen LogP contribution is 2.35. The summed E-state index contributed by atoms with van der Waals surface area (Å²) in [7, 11) is 1.58. The highest BCUT2D eigenvalue weighted by Gasteiger charge is 2.52. The lowest BCUT2D eigenvalue weighted by Crippen LogP contribution is -2.51. The third-order valence-corrected chi connectivity index (χ3v) is 5.34. The van der Waals surface area contributed by atoms with Gasteiger partial charge in [-0.15, -0.1) is 0 Å². The number of rotatable bonds is 5. The van der Waals surface area contributed by atoms with E-state index < -0.39 is 11.6 Å². The highest BCUT2D eigenvalue weighted by molar-refractivity contribution is 6.08. The number of hydrogen-bond donors (Lipinski definition) is 2. The number of hydrogen-bond acceptors (Lipinski definition) is 4. The molecule has 1 heterocycles. The molecule has 2 N–H and O–H groups in total. The second kappa shape index (κ2) is 7.35. The molecular weight excluding hydrogens is 334 g/mol. The number of carbonyl (C=O) groups excluding carboxylic acids is 3. The number of benzene rings is 1. The van der Waals surface area contributed by atoms with Crippen LogP contribution in [0, 0.1) is 5.92 Å². The Morgan fingerprint density at radius 2 is 2.00 bits per heavy atom. The van der Waals surface area contributed by atoms with Crippen LogP contribution in [0.4, 0.5) is 4.79 Å². The summed E-state index contributed by atoms with van der Waals surface area (Å²) in [6, 6.07) is 6.91. The molecule has 0 unspecified atom stereocenters. The topological polar surface area (TPSA) is 87.7 Å². The van der Waals surface area contributed by atoms with Gasteiger partial charge in [-0.05, 0) is 49.7 Å². The molecule has 0 aromatic heterocycles. The van der Waals surface area contributed by atoms with E-state index in [2.05, 4.69) is 17.7 Å². The first kappa shape index (κ1) is 18.2. The number of imide groups is 1. The van der Waals surface area contributed by atoms with Crippen LogP contribution < -0.4 is 15.5 Å². The quantitative estimate of drug-likeness (QED) is 0.789. The van der Waals surface area contributed by atoms with Gasteiger partial charge in [-0.25, -0.2) is 4.79 Å². The van der Waals surface area contributed by atoms with E-state index in [4.69, 9.17) is 4.74 Å². The summed E-state index contributed by atoms with van der Waals surface area (Å²) in [5.41, 5.74) is 2.52. The number of nitrogens with one attached hydrogen (secondary N) is 2. The molecule has 1 aromatic rings. The van der Waals surface area contributed by atoms with Gasteiger partial charge in [0.15, 0.2) is 0 Å². The smallest absolute Gasteiger partial charge is 0.344 e. The lowest BCUT2D eigenvalue weighted by molar-refractivity contribution is -0.140. The van der Waals surface area contributed by atoms with Gasteiger partial charge in [-0.1, -0.05) is 25.1 Å². The molecule has 1 saturated heterocycles. The SMILES string of the molecule is COc1ccccc1CCC(=O)NN1C(=O)NC2(CCC(C)CC2)C1=O. The van der Waals surface area contributed by atoms with Crippen LogP contribution in [0.1, 0.15) is 44.6 Å². The zero-order valence-corrected chi connectivity index (χ0v) is 15.2. The van der Waals surface area contributed by atoms with E-state index in [0.29, 0.717) is 30.9 Å². The third kappa shape index (κ3) is 3.52. The molecule has 1 spiro atoms. The third-order valence-electron chi connectivity index (χ3n) is 5.34. The lowest BCUT2D eigenvalue weighted by atomic mass is 9.77. The predicted molar refractivity (Wildman–Crippen MR) is 95.2 cm³/mol. The van der Waals surface area contributed by atoms with Crippen LogP contribution in [0.25, 0.3) is 0 Å². The van der Waals surface area contributed by atoms with E-state index in [-0.39, 0.29) is 18.2 Å². The fraction of sp³-hybridized carbons (Fsp3) is 0.526. The Kier molecular flexibility index (Phi) is 5.15. The first-order valence-corrected chi connectivity index (χ1v) is 9.03. The van der Waals surface area contributed by atoms with Crippen LogP contribution in [-0.2, 0) is 16.0 Å². The number of amides is 4. The van der Waals surface area contributed by atoms with Gasteiger partial charge >= 0.3 is 6.03 Å². The molecule has 26 heavy (non-hydrogen) atoms. The number of urea groups is 1. The van der Waals surface area contributed by atoms with Gasteiger partial charge in [0.1, 0.15) is 11.3 Å². The Bertz CT molecular complexity index is 710. The second-order valence-corrected chi connectivity index (χ2v) is 7.18. The van der Waals surface area contributed by atoms with E-state index in [0.717, 1.165) is 23.4 Å². The first-order chi connectivity index (χ1) is 12.4. The molecule has 140 valence electrons. The number of aryl methyl sites for hydroxylation is 1. The van der Waals surface area contributed by atoms with Crippen molar-refractivity contribution in [3.63, 3.8) is 0 Å². The van der Waals surface area contributed by atoms with Gasteiger partial charge in [-0.3, -0.25) is 15.0 Å². The van der Waals surface area contributed by atoms with Crippen LogP contribution in [0.3, 0.4) is 0 Å². The summed E-state index contributed by atoms with van der Waals surface area (Å²) >= 11 is 0. The molecule has 7 heteroatoms. The largest absolute Gasteiger partial charge is 0.496 e. The Morgan fingerprint density at radius 1 is 1.31 bits per heavy atom. The van der Waals surface area contributed by atoms with Crippen molar-refractivity contribution in [2.75, 3.05) is 7.11 Å². The molecule has 1 saturated carbocycles. The Hall–Kier alpha value is -2.57. The van der Waals surface area contributed by atoms with Crippen LogP contribution in [0.15, 0.2) is 24.3 Å². The Balaban J connectivity index is 1.59. The molecule has 2 fully saturated rings. The van der Waals surface area contributed by atoms with Gasteiger partial charge < -0.3 is 10.1 Å². The molecule has 7 nitrogen and oxygen atoms in total. The second-order valence-electron chi connectivity index (χ2n) is 7.18. The van der Waals surface area contributed by atoms with Crippen molar-refractivity contribution in [2.24, 2.45) is 5.92 Å². The summed E-state index contributed by atoms with van der Waals surface area (Å²) in [4.78, 5) is 37.2. The molecule has 0 bridgehead atoms. The molecule has 0 radical (unpaired) electrons. The number of carbonyl (C=O) groups is 3. The van der Waals surface area contributed by atoms with Crippen molar-refractivity contribution in [3.8, 4) is 5.75 Å². The van der Waals surface area contributed by atoms with Crippen molar-refractivity contribution < 1.29 is 19.1 Å². The summed E-state index contributed by atoms with van der Waals surface area (Å²) < 4.78 is 5.27. The summed E-state index contributed by atoms with van der Waals surface area (Å²) in [5.74, 6) is 0.543. The fourth-order valence-electron chi connectivity index (χ4n) is 3.65. The number of ether oxygens (including phenoxy) is 1. The summed E-state index contributed by atoms with van der Waals surface area (Å²) in [6.45, 7) is 2.14. The predicted octanol–water partition coefficient (Wildman–Crippen LogP) is 2.16. The molecule has 1 aliphatic heterocycles. The minimum atomic E-state index is -0.848. The maximum absolute atomic E-state index is 12.7. The lowest BCUT2D eigenvalue weighted by Gasteiger charge is -2.33. The van der Waals surface area contributed by atoms with E-state index in [9.17, 15) is 14.4 Å². The summed E-state index contributed by atoms with van der Waals surface area (Å²) in [5, 5.41) is 3.64. The molecule has 1 aliphatic carbocycles. The molecule has 4 amide bonds. The van der Waals surface area contributed by atoms with Crippen LogP contribution >= 0.6 is 0 Å². The van der Waals surface area contributed by atoms with E-state index in [1.807, 2.05) is 24.3 Å². The van der Waals surface area contributed by atoms with Crippen molar-refractivity contribution in [2.45, 2.75) is 51.0 Å². The van der Waals surface area contributed by atoms with Gasteiger partial charge in [0, 0.05) is 6.42 Å². The van der Waals surface area contributed by atoms with E-state index in [1.54, 1.807) is 7.11 Å². The van der Waals surface area contributed by atoms with Gasteiger partial charge in [0.25, 0.3) is 5.91 Å². The van der Waals surface area contributed by atoms with E-state index >= 15 is 0 Å². The number of para-hydroxylation sites is 1. The molecular formula is C19H25N3O4. The minimum Gasteiger partial charge on any atom is -0.496 e. The normalized spacial score (nSPS) is 25.3. The van der Waals surface area contributed by atoms with Gasteiger partial charge in [0.2, 0.25) is 5.91 Å². The molecule has 3 rings (SSSR count). The standard InChI is InChI=1S/C19H25N3O4/c1-13-9-11-19(12-10-13)17(24)22(18(25)20-19)21-16(23)8-7-14-5-3-4-6-15(14)26-2/h3-6,13H,7-12H2,1-2H3,(H,20,25)(H,21,23).